The molecule has 142 valence electrons. The maximum atomic E-state index is 10.5. The van der Waals surface area contributed by atoms with Gasteiger partial charge >= 0.3 is 0 Å². The zero-order valence-electron chi connectivity index (χ0n) is 14.5. The summed E-state index contributed by atoms with van der Waals surface area (Å²) < 4.78 is 7.52. The lowest BCUT2D eigenvalue weighted by atomic mass is 10.1. The van der Waals surface area contributed by atoms with Crippen molar-refractivity contribution in [3.8, 4) is 0 Å². The van der Waals surface area contributed by atoms with Gasteiger partial charge in [-0.2, -0.15) is 0 Å². The molecule has 0 radical (unpaired) electrons. The number of rotatable bonds is 5. The van der Waals surface area contributed by atoms with E-state index in [2.05, 4.69) is 27.1 Å². The smallest absolute Gasteiger partial charge is 0.167 e. The zero-order chi connectivity index (χ0) is 19.0. The molecular formula is C17H19N5O3S2. The van der Waals surface area contributed by atoms with Crippen molar-refractivity contribution in [2.45, 2.75) is 34.3 Å². The van der Waals surface area contributed by atoms with E-state index < -0.39 is 24.5 Å². The Kier molecular flexibility index (Phi) is 5.24. The normalized spacial score (nSPS) is 25.3. The van der Waals surface area contributed by atoms with Crippen LogP contribution < -0.4 is 5.73 Å². The van der Waals surface area contributed by atoms with E-state index >= 15 is 0 Å². The van der Waals surface area contributed by atoms with Crippen LogP contribution in [0.25, 0.3) is 11.2 Å². The van der Waals surface area contributed by atoms with E-state index in [0.29, 0.717) is 16.9 Å². The molecule has 3 aromatic rings. The molecule has 1 saturated heterocycles. The molecule has 0 amide bonds. The highest BCUT2D eigenvalue weighted by Gasteiger charge is 2.44. The first-order valence-electron chi connectivity index (χ1n) is 8.30. The first-order chi connectivity index (χ1) is 13.1. The standard InChI is InChI=1S/C17H19N5O3S2/c1-26-9-2-4-10(5-3-9)27-6-11-13(23)14(24)17(25-11)22-8-21-12-15(18)19-7-20-16(12)22/h2-5,7-8,11,13-14,17,23-24H,6H2,1H3,(H2,18,19,20)/t11-,13-,14-,17-/m1/s1. The van der Waals surface area contributed by atoms with Crippen LogP contribution in [0.4, 0.5) is 5.82 Å². The van der Waals surface area contributed by atoms with Crippen LogP contribution in [-0.4, -0.2) is 60.1 Å². The van der Waals surface area contributed by atoms with Crippen LogP contribution in [0.15, 0.2) is 46.7 Å². The van der Waals surface area contributed by atoms with Gasteiger partial charge in [0.05, 0.1) is 12.4 Å². The monoisotopic (exact) mass is 405 g/mol. The quantitative estimate of drug-likeness (QED) is 0.543. The van der Waals surface area contributed by atoms with Crippen LogP contribution >= 0.6 is 23.5 Å². The molecule has 3 heterocycles. The third-order valence-corrected chi connectivity index (χ3v) is 6.32. The van der Waals surface area contributed by atoms with Gasteiger partial charge in [0.2, 0.25) is 0 Å². The second-order valence-electron chi connectivity index (χ2n) is 6.12. The third kappa shape index (κ3) is 3.50. The molecule has 0 bridgehead atoms. The Labute approximate surface area is 164 Å². The number of thioether (sulfide) groups is 2. The Morgan fingerprint density at radius 1 is 1.11 bits per heavy atom. The Hall–Kier alpha value is -1.85. The molecule has 1 fully saturated rings. The van der Waals surface area contributed by atoms with E-state index in [-0.39, 0.29) is 5.82 Å². The van der Waals surface area contributed by atoms with Crippen molar-refractivity contribution < 1.29 is 14.9 Å². The van der Waals surface area contributed by atoms with Crippen molar-refractivity contribution in [2.24, 2.45) is 0 Å². The summed E-state index contributed by atoms with van der Waals surface area (Å²) in [5, 5.41) is 20.9. The Balaban J connectivity index is 1.49. The number of aliphatic hydroxyl groups excluding tert-OH is 2. The highest BCUT2D eigenvalue weighted by atomic mass is 32.2. The minimum atomic E-state index is -1.09. The van der Waals surface area contributed by atoms with Crippen LogP contribution in [0.1, 0.15) is 6.23 Å². The van der Waals surface area contributed by atoms with Crippen LogP contribution in [0, 0.1) is 0 Å². The number of anilines is 1. The third-order valence-electron chi connectivity index (χ3n) is 4.47. The van der Waals surface area contributed by atoms with Gasteiger partial charge in [-0.15, -0.1) is 23.5 Å². The van der Waals surface area contributed by atoms with Crippen molar-refractivity contribution in [1.82, 2.24) is 19.5 Å². The molecule has 2 aromatic heterocycles. The number of nitrogens with two attached hydrogens (primary N) is 1. The van der Waals surface area contributed by atoms with E-state index in [4.69, 9.17) is 10.5 Å². The second kappa shape index (κ2) is 7.64. The summed E-state index contributed by atoms with van der Waals surface area (Å²) in [6.07, 6.45) is 1.44. The van der Waals surface area contributed by atoms with Crippen molar-refractivity contribution in [3.63, 3.8) is 0 Å². The Bertz CT molecular complexity index is 936. The highest BCUT2D eigenvalue weighted by molar-refractivity contribution is 7.99. The van der Waals surface area contributed by atoms with Crippen LogP contribution in [0.2, 0.25) is 0 Å². The van der Waals surface area contributed by atoms with Gasteiger partial charge in [-0.3, -0.25) is 4.57 Å². The summed E-state index contributed by atoms with van der Waals surface area (Å²) in [6, 6.07) is 8.18. The number of hydrogen-bond donors (Lipinski definition) is 3. The molecule has 0 unspecified atom stereocenters. The van der Waals surface area contributed by atoms with Gasteiger partial charge in [-0.1, -0.05) is 0 Å². The molecule has 4 atom stereocenters. The molecule has 1 aliphatic rings. The van der Waals surface area contributed by atoms with Gasteiger partial charge in [0.15, 0.2) is 17.7 Å². The number of nitrogens with zero attached hydrogens (tertiary/aromatic N) is 4. The predicted octanol–water partition coefficient (Wildman–Crippen LogP) is 1.54. The number of nitrogen functional groups attached to an aromatic ring is 1. The van der Waals surface area contributed by atoms with Gasteiger partial charge in [-0.25, -0.2) is 15.0 Å². The molecule has 0 saturated carbocycles. The maximum Gasteiger partial charge on any atom is 0.167 e. The number of hydrogen-bond acceptors (Lipinski definition) is 9. The summed E-state index contributed by atoms with van der Waals surface area (Å²) in [5.74, 6) is 0.768. The second-order valence-corrected chi connectivity index (χ2v) is 8.09. The molecule has 0 aliphatic carbocycles. The largest absolute Gasteiger partial charge is 0.387 e. The molecule has 27 heavy (non-hydrogen) atoms. The fourth-order valence-electron chi connectivity index (χ4n) is 3.00. The molecule has 0 spiro atoms. The lowest BCUT2D eigenvalue weighted by molar-refractivity contribution is -0.0289. The molecule has 4 N–H and O–H groups in total. The summed E-state index contributed by atoms with van der Waals surface area (Å²) in [7, 11) is 0. The minimum absolute atomic E-state index is 0.257. The number of aromatic nitrogens is 4. The van der Waals surface area contributed by atoms with E-state index in [0.717, 1.165) is 4.90 Å². The zero-order valence-corrected chi connectivity index (χ0v) is 16.1. The fraction of sp³-hybridized carbons (Fsp3) is 0.353. The number of imidazole rings is 1. The fourth-order valence-corrected chi connectivity index (χ4v) is 4.37. The van der Waals surface area contributed by atoms with E-state index in [1.165, 1.54) is 17.6 Å². The summed E-state index contributed by atoms with van der Waals surface area (Å²) in [6.45, 7) is 0. The SMILES string of the molecule is CSc1ccc(SC[C@H]2O[C@@H](n3cnc4c(N)ncnc43)[C@H](O)[C@@H]2O)cc1. The van der Waals surface area contributed by atoms with E-state index in [1.54, 1.807) is 28.1 Å². The summed E-state index contributed by atoms with van der Waals surface area (Å²) in [5.41, 5.74) is 6.70. The lowest BCUT2D eigenvalue weighted by Crippen LogP contribution is -2.32. The molecule has 10 heteroatoms. The van der Waals surface area contributed by atoms with Crippen molar-refractivity contribution in [2.75, 3.05) is 17.7 Å². The molecular weight excluding hydrogens is 386 g/mol. The minimum Gasteiger partial charge on any atom is -0.387 e. The highest BCUT2D eigenvalue weighted by Crippen LogP contribution is 2.34. The molecule has 8 nitrogen and oxygen atoms in total. The predicted molar refractivity (Wildman–Crippen MR) is 105 cm³/mol. The summed E-state index contributed by atoms with van der Waals surface area (Å²) in [4.78, 5) is 14.5. The van der Waals surface area contributed by atoms with Gasteiger partial charge in [0.25, 0.3) is 0 Å². The lowest BCUT2D eigenvalue weighted by Gasteiger charge is -2.16. The average molecular weight is 406 g/mol. The maximum absolute atomic E-state index is 10.5. The van der Waals surface area contributed by atoms with E-state index in [1.807, 2.05) is 18.4 Å². The van der Waals surface area contributed by atoms with Gasteiger partial charge in [0.1, 0.15) is 24.1 Å². The Morgan fingerprint density at radius 2 is 1.85 bits per heavy atom. The number of ether oxygens (including phenoxy) is 1. The molecule has 4 rings (SSSR count). The molecule has 1 aliphatic heterocycles. The average Bonchev–Trinajstić information content (AvgIpc) is 3.23. The van der Waals surface area contributed by atoms with E-state index in [9.17, 15) is 10.2 Å². The first-order valence-corrected chi connectivity index (χ1v) is 10.5. The van der Waals surface area contributed by atoms with Crippen molar-refractivity contribution in [3.05, 3.63) is 36.9 Å². The van der Waals surface area contributed by atoms with Crippen molar-refractivity contribution in [1.29, 1.82) is 0 Å². The number of aliphatic hydroxyl groups is 2. The first kappa shape index (κ1) is 18.5. The van der Waals surface area contributed by atoms with Crippen molar-refractivity contribution >= 4 is 40.5 Å². The van der Waals surface area contributed by atoms with Gasteiger partial charge < -0.3 is 20.7 Å². The van der Waals surface area contributed by atoms with Gasteiger partial charge in [0, 0.05) is 15.5 Å². The topological polar surface area (TPSA) is 119 Å². The summed E-state index contributed by atoms with van der Waals surface area (Å²) >= 11 is 3.26. The molecule has 1 aromatic carbocycles. The Morgan fingerprint density at radius 3 is 2.59 bits per heavy atom. The number of benzene rings is 1. The van der Waals surface area contributed by atoms with Crippen LogP contribution in [0.5, 0.6) is 0 Å². The van der Waals surface area contributed by atoms with Gasteiger partial charge in [-0.05, 0) is 30.5 Å². The number of fused-ring (bicyclic) bond motifs is 1. The van der Waals surface area contributed by atoms with Crippen LogP contribution in [-0.2, 0) is 4.74 Å². The van der Waals surface area contributed by atoms with Crippen LogP contribution in [0.3, 0.4) is 0 Å².